The molecule has 1 heterocycles. The van der Waals surface area contributed by atoms with Gasteiger partial charge in [-0.25, -0.2) is 0 Å². The van der Waals surface area contributed by atoms with Crippen LogP contribution in [0.3, 0.4) is 0 Å². The van der Waals surface area contributed by atoms with Crippen molar-refractivity contribution in [1.29, 1.82) is 0 Å². The zero-order valence-corrected chi connectivity index (χ0v) is 8.62. The minimum absolute atomic E-state index is 0.202. The van der Waals surface area contributed by atoms with E-state index < -0.39 is 12.1 Å². The van der Waals surface area contributed by atoms with Gasteiger partial charge < -0.3 is 4.90 Å². The van der Waals surface area contributed by atoms with Gasteiger partial charge in [0.05, 0.1) is 0 Å². The molecule has 1 saturated heterocycles. The third kappa shape index (κ3) is 3.08. The van der Waals surface area contributed by atoms with Crippen LogP contribution in [0, 0.1) is 0 Å². The van der Waals surface area contributed by atoms with E-state index in [4.69, 9.17) is 0 Å². The number of hydrogen-bond acceptors (Lipinski definition) is 2. The van der Waals surface area contributed by atoms with Crippen LogP contribution in [0.4, 0.5) is 13.2 Å². The summed E-state index contributed by atoms with van der Waals surface area (Å²) >= 11 is 1.61. The van der Waals surface area contributed by atoms with E-state index >= 15 is 0 Å². The number of halogens is 3. The summed E-state index contributed by atoms with van der Waals surface area (Å²) in [6.45, 7) is 2.38. The summed E-state index contributed by atoms with van der Waals surface area (Å²) in [5, 5.41) is 0.334. The molecule has 0 aromatic carbocycles. The molecule has 1 fully saturated rings. The fourth-order valence-electron chi connectivity index (χ4n) is 1.28. The van der Waals surface area contributed by atoms with E-state index in [0.29, 0.717) is 17.4 Å². The van der Waals surface area contributed by atoms with E-state index in [2.05, 4.69) is 0 Å². The van der Waals surface area contributed by atoms with Crippen LogP contribution in [-0.2, 0) is 4.79 Å². The van der Waals surface area contributed by atoms with Gasteiger partial charge in [0.2, 0.25) is 0 Å². The van der Waals surface area contributed by atoms with E-state index in [9.17, 15) is 18.0 Å². The Morgan fingerprint density at radius 1 is 1.43 bits per heavy atom. The molecule has 0 radical (unpaired) electrons. The smallest absolute Gasteiger partial charge is 0.334 e. The number of rotatable bonds is 0. The lowest BCUT2D eigenvalue weighted by atomic mass is 10.3. The number of alkyl halides is 3. The average Bonchev–Trinajstić information content (AvgIpc) is 2.27. The minimum atomic E-state index is -4.72. The number of nitrogens with zero attached hydrogens (tertiary/aromatic N) is 1. The first kappa shape index (κ1) is 11.7. The molecule has 1 amide bonds. The lowest BCUT2D eigenvalue weighted by Crippen LogP contribution is -2.42. The molecular weight excluding hydrogens is 215 g/mol. The summed E-state index contributed by atoms with van der Waals surface area (Å²) in [5.41, 5.74) is 0. The molecular formula is C8H12F3NOS. The van der Waals surface area contributed by atoms with E-state index in [1.807, 2.05) is 6.92 Å². The average molecular weight is 227 g/mol. The summed E-state index contributed by atoms with van der Waals surface area (Å²) < 4.78 is 36.2. The minimum Gasteiger partial charge on any atom is -0.334 e. The summed E-state index contributed by atoms with van der Waals surface area (Å²) in [5.74, 6) is -1.12. The van der Waals surface area contributed by atoms with Gasteiger partial charge in [-0.15, -0.1) is 0 Å². The molecule has 2 nitrogen and oxygen atoms in total. The number of hydrogen-bond donors (Lipinski definition) is 0. The molecule has 0 aliphatic carbocycles. The summed E-state index contributed by atoms with van der Waals surface area (Å²) in [7, 11) is 0. The van der Waals surface area contributed by atoms with Crippen molar-refractivity contribution in [3.05, 3.63) is 0 Å². The lowest BCUT2D eigenvalue weighted by molar-refractivity contribution is -0.185. The van der Waals surface area contributed by atoms with Crippen LogP contribution in [0.2, 0.25) is 0 Å². The predicted molar refractivity (Wildman–Crippen MR) is 49.2 cm³/mol. The van der Waals surface area contributed by atoms with Crippen molar-refractivity contribution in [2.24, 2.45) is 0 Å². The molecule has 0 aromatic rings. The highest BCUT2D eigenvalue weighted by molar-refractivity contribution is 7.99. The van der Waals surface area contributed by atoms with Crippen LogP contribution >= 0.6 is 11.8 Å². The lowest BCUT2D eigenvalue weighted by Gasteiger charge is -2.21. The van der Waals surface area contributed by atoms with Crippen molar-refractivity contribution in [2.45, 2.75) is 24.8 Å². The second kappa shape index (κ2) is 4.42. The van der Waals surface area contributed by atoms with Crippen molar-refractivity contribution < 1.29 is 18.0 Å². The Balaban J connectivity index is 2.56. The Kier molecular flexibility index (Phi) is 3.69. The molecule has 6 heteroatoms. The Bertz CT molecular complexity index is 219. The van der Waals surface area contributed by atoms with Crippen molar-refractivity contribution in [2.75, 3.05) is 18.8 Å². The molecule has 1 atom stereocenters. The number of amides is 1. The molecule has 0 N–H and O–H groups in total. The Morgan fingerprint density at radius 3 is 2.64 bits per heavy atom. The van der Waals surface area contributed by atoms with Gasteiger partial charge in [-0.3, -0.25) is 4.79 Å². The van der Waals surface area contributed by atoms with E-state index in [1.165, 1.54) is 0 Å². The topological polar surface area (TPSA) is 20.3 Å². The van der Waals surface area contributed by atoms with Crippen LogP contribution in [0.1, 0.15) is 13.3 Å². The predicted octanol–water partition coefficient (Wildman–Crippen LogP) is 1.90. The monoisotopic (exact) mass is 227 g/mol. The van der Waals surface area contributed by atoms with E-state index in [1.54, 1.807) is 11.8 Å². The van der Waals surface area contributed by atoms with Gasteiger partial charge in [-0.05, 0) is 6.42 Å². The van der Waals surface area contributed by atoms with Gasteiger partial charge in [-0.2, -0.15) is 24.9 Å². The first-order valence-corrected chi connectivity index (χ1v) is 5.44. The summed E-state index contributed by atoms with van der Waals surface area (Å²) in [4.78, 5) is 11.8. The van der Waals surface area contributed by atoms with Crippen LogP contribution in [0.25, 0.3) is 0 Å². The van der Waals surface area contributed by atoms with Gasteiger partial charge in [0.1, 0.15) is 0 Å². The van der Waals surface area contributed by atoms with Crippen molar-refractivity contribution in [3.63, 3.8) is 0 Å². The number of thioether (sulfide) groups is 1. The van der Waals surface area contributed by atoms with Crippen LogP contribution in [0.5, 0.6) is 0 Å². The van der Waals surface area contributed by atoms with Gasteiger partial charge in [0, 0.05) is 24.1 Å². The SMILES string of the molecule is CC1CCN(C(=O)C(F)(F)F)CCS1. The Morgan fingerprint density at radius 2 is 2.07 bits per heavy atom. The molecule has 14 heavy (non-hydrogen) atoms. The molecule has 1 unspecified atom stereocenters. The van der Waals surface area contributed by atoms with Crippen LogP contribution < -0.4 is 0 Å². The Hall–Kier alpha value is -0.390. The van der Waals surface area contributed by atoms with Crippen molar-refractivity contribution in [3.8, 4) is 0 Å². The Labute approximate surface area is 84.8 Å². The molecule has 0 saturated carbocycles. The van der Waals surface area contributed by atoms with E-state index in [0.717, 1.165) is 4.90 Å². The first-order valence-electron chi connectivity index (χ1n) is 4.39. The van der Waals surface area contributed by atoms with Gasteiger partial charge in [0.15, 0.2) is 0 Å². The normalized spacial score (nSPS) is 24.6. The quantitative estimate of drug-likeness (QED) is 0.630. The second-order valence-electron chi connectivity index (χ2n) is 3.26. The molecule has 82 valence electrons. The van der Waals surface area contributed by atoms with Gasteiger partial charge in [0.25, 0.3) is 0 Å². The molecule has 1 rings (SSSR count). The maximum absolute atomic E-state index is 12.1. The molecule has 1 aliphatic heterocycles. The number of carbonyl (C=O) groups excluding carboxylic acids is 1. The first-order chi connectivity index (χ1) is 6.41. The number of carbonyl (C=O) groups is 1. The zero-order chi connectivity index (χ0) is 10.8. The maximum Gasteiger partial charge on any atom is 0.471 e. The third-order valence-electron chi connectivity index (χ3n) is 2.10. The van der Waals surface area contributed by atoms with E-state index in [-0.39, 0.29) is 13.1 Å². The fraction of sp³-hybridized carbons (Fsp3) is 0.875. The zero-order valence-electron chi connectivity index (χ0n) is 7.80. The summed E-state index contributed by atoms with van der Waals surface area (Å²) in [6.07, 6.45) is -4.09. The standard InChI is InChI=1S/C8H12F3NOS/c1-6-2-3-12(4-5-14-6)7(13)8(9,10)11/h6H,2-5H2,1H3. The van der Waals surface area contributed by atoms with Crippen molar-refractivity contribution in [1.82, 2.24) is 4.90 Å². The summed E-state index contributed by atoms with van der Waals surface area (Å²) in [6, 6.07) is 0. The molecule has 0 bridgehead atoms. The highest BCUT2D eigenvalue weighted by Gasteiger charge is 2.42. The maximum atomic E-state index is 12.1. The third-order valence-corrected chi connectivity index (χ3v) is 3.32. The molecule has 0 spiro atoms. The largest absolute Gasteiger partial charge is 0.471 e. The molecule has 0 aromatic heterocycles. The second-order valence-corrected chi connectivity index (χ2v) is 4.81. The van der Waals surface area contributed by atoms with Gasteiger partial charge >= 0.3 is 12.1 Å². The highest BCUT2D eigenvalue weighted by atomic mass is 32.2. The van der Waals surface area contributed by atoms with Crippen LogP contribution in [-0.4, -0.2) is 41.1 Å². The van der Waals surface area contributed by atoms with Gasteiger partial charge in [-0.1, -0.05) is 6.92 Å². The highest BCUT2D eigenvalue weighted by Crippen LogP contribution is 2.23. The van der Waals surface area contributed by atoms with Crippen molar-refractivity contribution >= 4 is 17.7 Å². The molecule has 1 aliphatic rings. The van der Waals surface area contributed by atoms with Crippen LogP contribution in [0.15, 0.2) is 0 Å². The fourth-order valence-corrected chi connectivity index (χ4v) is 2.28.